The van der Waals surface area contributed by atoms with Gasteiger partial charge in [0, 0.05) is 7.11 Å². The van der Waals surface area contributed by atoms with Crippen molar-refractivity contribution >= 4 is 29.2 Å². The van der Waals surface area contributed by atoms with Crippen molar-refractivity contribution in [2.45, 2.75) is 6.54 Å². The van der Waals surface area contributed by atoms with Crippen LogP contribution in [0.2, 0.25) is 0 Å². The number of methoxy groups -OCH3 is 2. The third kappa shape index (κ3) is 3.11. The molecule has 0 spiro atoms. The first kappa shape index (κ1) is 17.1. The van der Waals surface area contributed by atoms with E-state index in [-0.39, 0.29) is 21.4 Å². The van der Waals surface area contributed by atoms with Gasteiger partial charge in [-0.15, -0.1) is 0 Å². The summed E-state index contributed by atoms with van der Waals surface area (Å²) in [5.74, 6) is -0.197. The summed E-state index contributed by atoms with van der Waals surface area (Å²) in [6.45, 7) is 0.716. The van der Waals surface area contributed by atoms with Crippen molar-refractivity contribution in [2.75, 3.05) is 20.8 Å². The summed E-state index contributed by atoms with van der Waals surface area (Å²) in [5, 5.41) is 0.104. The number of nitrogens with zero attached hydrogens (tertiary/aromatic N) is 2. The second-order valence-electron chi connectivity index (χ2n) is 5.13. The van der Waals surface area contributed by atoms with Crippen LogP contribution in [0.3, 0.4) is 0 Å². The number of carbonyl (C=O) groups excluding carboxylic acids is 1. The zero-order chi connectivity index (χ0) is 18.0. The zero-order valence-electron chi connectivity index (χ0n) is 13.6. The van der Waals surface area contributed by atoms with E-state index in [0.29, 0.717) is 24.6 Å². The van der Waals surface area contributed by atoms with Gasteiger partial charge < -0.3 is 18.5 Å². The maximum absolute atomic E-state index is 12.4. The number of esters is 1. The van der Waals surface area contributed by atoms with Crippen LogP contribution in [0.1, 0.15) is 10.4 Å². The molecule has 0 atom stereocenters. The van der Waals surface area contributed by atoms with Gasteiger partial charge in [-0.3, -0.25) is 9.78 Å². The molecule has 0 aromatic carbocycles. The molecule has 0 saturated carbocycles. The molecule has 0 fully saturated rings. The maximum atomic E-state index is 12.4. The summed E-state index contributed by atoms with van der Waals surface area (Å²) < 4.78 is 17.0. The lowest BCUT2D eigenvalue weighted by atomic mass is 10.1. The molecule has 3 aromatic heterocycles. The predicted octanol–water partition coefficient (Wildman–Crippen LogP) is 2.15. The fraction of sp³-hybridized carbons (Fsp3) is 0.250. The number of hydrogen-bond donors (Lipinski definition) is 1. The monoisotopic (exact) mass is 361 g/mol. The molecular formula is C16H15N3O5S. The molecule has 25 heavy (non-hydrogen) atoms. The van der Waals surface area contributed by atoms with Crippen LogP contribution in [0.25, 0.3) is 22.5 Å². The van der Waals surface area contributed by atoms with E-state index in [9.17, 15) is 9.59 Å². The molecule has 0 saturated heterocycles. The summed E-state index contributed by atoms with van der Waals surface area (Å²) in [7, 11) is 2.80. The molecule has 0 radical (unpaired) electrons. The molecule has 0 aliphatic heterocycles. The van der Waals surface area contributed by atoms with Gasteiger partial charge in [0.2, 0.25) is 0 Å². The van der Waals surface area contributed by atoms with Crippen LogP contribution in [-0.4, -0.2) is 41.3 Å². The third-order valence-corrected chi connectivity index (χ3v) is 3.97. The molecule has 3 aromatic rings. The summed E-state index contributed by atoms with van der Waals surface area (Å²) in [6, 6.07) is 4.87. The highest BCUT2D eigenvalue weighted by molar-refractivity contribution is 7.71. The van der Waals surface area contributed by atoms with Crippen molar-refractivity contribution in [2.24, 2.45) is 0 Å². The van der Waals surface area contributed by atoms with Gasteiger partial charge in [0.25, 0.3) is 5.56 Å². The average Bonchev–Trinajstić information content (AvgIpc) is 3.14. The lowest BCUT2D eigenvalue weighted by Gasteiger charge is -2.12. The van der Waals surface area contributed by atoms with Crippen molar-refractivity contribution in [3.8, 4) is 11.5 Å². The molecule has 0 aliphatic carbocycles. The van der Waals surface area contributed by atoms with Crippen LogP contribution < -0.4 is 5.56 Å². The number of ether oxygens (including phenoxy) is 2. The molecule has 9 heteroatoms. The SMILES string of the molecule is COCCn1c(=S)[nH]c(=O)c2c(C(=O)OC)cc(-c3ccco3)nc21. The molecule has 0 amide bonds. The van der Waals surface area contributed by atoms with E-state index in [1.165, 1.54) is 19.4 Å². The first-order valence-electron chi connectivity index (χ1n) is 7.35. The second kappa shape index (κ2) is 6.99. The summed E-state index contributed by atoms with van der Waals surface area (Å²) >= 11 is 5.23. The molecular weight excluding hydrogens is 346 g/mol. The van der Waals surface area contributed by atoms with Crippen molar-refractivity contribution in [3.63, 3.8) is 0 Å². The van der Waals surface area contributed by atoms with Gasteiger partial charge >= 0.3 is 5.97 Å². The van der Waals surface area contributed by atoms with Crippen LogP contribution >= 0.6 is 12.2 Å². The van der Waals surface area contributed by atoms with E-state index in [4.69, 9.17) is 26.1 Å². The molecule has 8 nitrogen and oxygen atoms in total. The molecule has 0 aliphatic rings. The number of aromatic amines is 1. The summed E-state index contributed by atoms with van der Waals surface area (Å²) in [5.41, 5.74) is 0.234. The lowest BCUT2D eigenvalue weighted by molar-refractivity contribution is 0.0603. The number of fused-ring (bicyclic) bond motifs is 1. The van der Waals surface area contributed by atoms with E-state index in [0.717, 1.165) is 0 Å². The molecule has 0 unspecified atom stereocenters. The Morgan fingerprint density at radius 2 is 2.24 bits per heavy atom. The molecule has 1 N–H and O–H groups in total. The van der Waals surface area contributed by atoms with Crippen molar-refractivity contribution < 1.29 is 18.7 Å². The summed E-state index contributed by atoms with van der Waals surface area (Å²) in [6.07, 6.45) is 1.49. The highest BCUT2D eigenvalue weighted by atomic mass is 32.1. The van der Waals surface area contributed by atoms with Crippen molar-refractivity contribution in [3.05, 3.63) is 45.2 Å². The van der Waals surface area contributed by atoms with Gasteiger partial charge in [0.05, 0.1) is 37.5 Å². The molecule has 130 valence electrons. The minimum absolute atomic E-state index is 0.0846. The Morgan fingerprint density at radius 3 is 2.88 bits per heavy atom. The van der Waals surface area contributed by atoms with Gasteiger partial charge in [-0.05, 0) is 30.4 Å². The highest BCUT2D eigenvalue weighted by Gasteiger charge is 2.20. The number of pyridine rings is 1. The Hall–Kier alpha value is -2.78. The number of furan rings is 1. The van der Waals surface area contributed by atoms with Gasteiger partial charge in [-0.25, -0.2) is 9.78 Å². The van der Waals surface area contributed by atoms with Crippen LogP contribution in [-0.2, 0) is 16.0 Å². The topological polar surface area (TPSA) is 99.4 Å². The first-order chi connectivity index (χ1) is 12.1. The van der Waals surface area contributed by atoms with Gasteiger partial charge in [0.15, 0.2) is 10.5 Å². The predicted molar refractivity (Wildman–Crippen MR) is 92.1 cm³/mol. The van der Waals surface area contributed by atoms with Crippen LogP contribution in [0.5, 0.6) is 0 Å². The Bertz CT molecular complexity index is 1040. The maximum Gasteiger partial charge on any atom is 0.338 e. The van der Waals surface area contributed by atoms with Gasteiger partial charge in [-0.2, -0.15) is 0 Å². The van der Waals surface area contributed by atoms with Crippen molar-refractivity contribution in [1.29, 1.82) is 0 Å². The van der Waals surface area contributed by atoms with E-state index in [1.54, 1.807) is 23.8 Å². The van der Waals surface area contributed by atoms with Gasteiger partial charge in [-0.1, -0.05) is 0 Å². The Balaban J connectivity index is 2.41. The molecule has 0 bridgehead atoms. The Morgan fingerprint density at radius 1 is 1.44 bits per heavy atom. The average molecular weight is 361 g/mol. The minimum atomic E-state index is -0.652. The number of aromatic nitrogens is 3. The van der Waals surface area contributed by atoms with Crippen LogP contribution in [0, 0.1) is 4.77 Å². The van der Waals surface area contributed by atoms with E-state index < -0.39 is 11.5 Å². The number of nitrogens with one attached hydrogen (secondary N) is 1. The van der Waals surface area contributed by atoms with E-state index in [1.807, 2.05) is 0 Å². The normalized spacial score (nSPS) is 11.0. The fourth-order valence-corrected chi connectivity index (χ4v) is 2.76. The minimum Gasteiger partial charge on any atom is -0.465 e. The molecule has 3 heterocycles. The standard InChI is InChI=1S/C16H15N3O5S/c1-22-7-5-19-13-12(14(20)18-16(19)25)9(15(21)23-2)8-10(17-13)11-4-3-6-24-11/h3-4,6,8H,5,7H2,1-2H3,(H,18,20,25). The number of H-pyrrole nitrogens is 1. The third-order valence-electron chi connectivity index (χ3n) is 3.65. The van der Waals surface area contributed by atoms with Crippen LogP contribution in [0.15, 0.2) is 33.7 Å². The number of carbonyl (C=O) groups is 1. The second-order valence-corrected chi connectivity index (χ2v) is 5.51. The van der Waals surface area contributed by atoms with E-state index in [2.05, 4.69) is 9.97 Å². The fourth-order valence-electron chi connectivity index (χ4n) is 2.49. The Kier molecular flexibility index (Phi) is 4.77. The summed E-state index contributed by atoms with van der Waals surface area (Å²) in [4.78, 5) is 31.7. The first-order valence-corrected chi connectivity index (χ1v) is 7.76. The van der Waals surface area contributed by atoms with E-state index >= 15 is 0 Å². The molecule has 3 rings (SSSR count). The largest absolute Gasteiger partial charge is 0.465 e. The smallest absolute Gasteiger partial charge is 0.338 e. The highest BCUT2D eigenvalue weighted by Crippen LogP contribution is 2.24. The van der Waals surface area contributed by atoms with Crippen LogP contribution in [0.4, 0.5) is 0 Å². The zero-order valence-corrected chi connectivity index (χ0v) is 14.4. The van der Waals surface area contributed by atoms with Crippen molar-refractivity contribution in [1.82, 2.24) is 14.5 Å². The number of rotatable bonds is 5. The van der Waals surface area contributed by atoms with Gasteiger partial charge in [0.1, 0.15) is 11.3 Å². The lowest BCUT2D eigenvalue weighted by Crippen LogP contribution is -2.20. The number of hydrogen-bond acceptors (Lipinski definition) is 7. The Labute approximate surface area is 147 Å². The quantitative estimate of drug-likeness (QED) is 0.549.